The molecule has 5 rings (SSSR count). The van der Waals surface area contributed by atoms with Gasteiger partial charge in [0.1, 0.15) is 12.4 Å². The summed E-state index contributed by atoms with van der Waals surface area (Å²) in [5, 5.41) is 2.14. The lowest BCUT2D eigenvalue weighted by Gasteiger charge is -2.13. The lowest BCUT2D eigenvalue weighted by atomic mass is 10.0. The minimum atomic E-state index is -0.371. The van der Waals surface area contributed by atoms with Crippen molar-refractivity contribution in [1.82, 2.24) is 0 Å². The van der Waals surface area contributed by atoms with E-state index in [0.29, 0.717) is 28.0 Å². The van der Waals surface area contributed by atoms with Crippen LogP contribution in [-0.4, -0.2) is 11.1 Å². The van der Waals surface area contributed by atoms with E-state index in [1.807, 2.05) is 60.7 Å². The number of thioether (sulfide) groups is 1. The van der Waals surface area contributed by atoms with Crippen LogP contribution in [-0.2, 0) is 11.4 Å². The lowest BCUT2D eigenvalue weighted by Crippen LogP contribution is -2.27. The van der Waals surface area contributed by atoms with Gasteiger partial charge in [-0.3, -0.25) is 9.59 Å². The van der Waals surface area contributed by atoms with E-state index >= 15 is 0 Å². The van der Waals surface area contributed by atoms with Crippen molar-refractivity contribution in [3.05, 3.63) is 110 Å². The van der Waals surface area contributed by atoms with Crippen LogP contribution in [0.1, 0.15) is 11.1 Å². The number of carbonyl (C=O) groups is 2. The highest BCUT2D eigenvalue weighted by molar-refractivity contribution is 9.10. The Hall–Kier alpha value is -3.06. The molecule has 0 N–H and O–H groups in total. The maximum atomic E-state index is 13.2. The molecule has 0 unspecified atom stereocenters. The predicted molar refractivity (Wildman–Crippen MR) is 142 cm³/mol. The Morgan fingerprint density at radius 3 is 2.41 bits per heavy atom. The summed E-state index contributed by atoms with van der Waals surface area (Å²) in [5.74, 6) is 0.268. The molecule has 2 amide bonds. The molecule has 4 aromatic carbocycles. The monoisotopic (exact) mass is 549 g/mol. The van der Waals surface area contributed by atoms with Crippen molar-refractivity contribution in [2.24, 2.45) is 0 Å². The summed E-state index contributed by atoms with van der Waals surface area (Å²) in [7, 11) is 0. The second-order valence-corrected chi connectivity index (χ2v) is 9.95. The number of ether oxygens (including phenoxy) is 1. The quantitative estimate of drug-likeness (QED) is 0.236. The summed E-state index contributed by atoms with van der Waals surface area (Å²) in [5.41, 5.74) is 2.27. The molecule has 1 heterocycles. The van der Waals surface area contributed by atoms with E-state index in [1.165, 1.54) is 4.90 Å². The first-order valence-corrected chi connectivity index (χ1v) is 12.4. The summed E-state index contributed by atoms with van der Waals surface area (Å²) in [6.07, 6.45) is 1.75. The van der Waals surface area contributed by atoms with Crippen LogP contribution in [0.2, 0.25) is 5.02 Å². The highest BCUT2D eigenvalue weighted by Gasteiger charge is 2.36. The van der Waals surface area contributed by atoms with Gasteiger partial charge in [-0.2, -0.15) is 0 Å². The lowest BCUT2D eigenvalue weighted by molar-refractivity contribution is -0.113. The summed E-state index contributed by atoms with van der Waals surface area (Å²) < 4.78 is 7.17. The van der Waals surface area contributed by atoms with Crippen LogP contribution in [0, 0.1) is 0 Å². The van der Waals surface area contributed by atoms with Gasteiger partial charge in [-0.1, -0.05) is 70.0 Å². The van der Waals surface area contributed by atoms with E-state index in [0.717, 1.165) is 38.1 Å². The maximum Gasteiger partial charge on any atom is 0.298 e. The molecule has 0 saturated carbocycles. The number of anilines is 1. The molecular weight excluding hydrogens is 534 g/mol. The van der Waals surface area contributed by atoms with Gasteiger partial charge in [-0.15, -0.1) is 0 Å². The number of amides is 2. The Morgan fingerprint density at radius 2 is 1.65 bits per heavy atom. The Kier molecular flexibility index (Phi) is 6.46. The Balaban J connectivity index is 1.52. The van der Waals surface area contributed by atoms with Crippen molar-refractivity contribution in [1.29, 1.82) is 0 Å². The average molecular weight is 551 g/mol. The topological polar surface area (TPSA) is 46.6 Å². The Bertz CT molecular complexity index is 1430. The SMILES string of the molecule is O=C1S/C(=C/c2c(OCc3ccc(Br)cc3)ccc3ccccc23)C(=O)N1c1ccc(Cl)cc1. The molecule has 1 aliphatic heterocycles. The molecule has 0 atom stereocenters. The molecule has 1 aliphatic rings. The minimum Gasteiger partial charge on any atom is -0.488 e. The number of halogens is 2. The number of carbonyl (C=O) groups excluding carboxylic acids is 2. The molecule has 0 radical (unpaired) electrons. The number of fused-ring (bicyclic) bond motifs is 1. The van der Waals surface area contributed by atoms with Crippen molar-refractivity contribution in [2.75, 3.05) is 4.90 Å². The molecule has 0 spiro atoms. The van der Waals surface area contributed by atoms with E-state index in [-0.39, 0.29) is 11.1 Å². The predicted octanol–water partition coefficient (Wildman–Crippen LogP) is 8.08. The third-order valence-electron chi connectivity index (χ3n) is 5.39. The summed E-state index contributed by atoms with van der Waals surface area (Å²) in [6.45, 7) is 0.374. The van der Waals surface area contributed by atoms with Gasteiger partial charge in [0, 0.05) is 15.1 Å². The number of benzene rings is 4. The van der Waals surface area contributed by atoms with Crippen molar-refractivity contribution < 1.29 is 14.3 Å². The van der Waals surface area contributed by atoms with Crippen LogP contribution in [0.5, 0.6) is 5.75 Å². The van der Waals surface area contributed by atoms with E-state index in [9.17, 15) is 9.59 Å². The van der Waals surface area contributed by atoms with Gasteiger partial charge in [0.05, 0.1) is 10.6 Å². The van der Waals surface area contributed by atoms with E-state index < -0.39 is 0 Å². The van der Waals surface area contributed by atoms with Gasteiger partial charge in [0.25, 0.3) is 11.1 Å². The number of hydrogen-bond donors (Lipinski definition) is 0. The second-order valence-electron chi connectivity index (χ2n) is 7.61. The third kappa shape index (κ3) is 4.62. The highest BCUT2D eigenvalue weighted by atomic mass is 79.9. The zero-order valence-corrected chi connectivity index (χ0v) is 20.9. The van der Waals surface area contributed by atoms with Gasteiger partial charge >= 0.3 is 0 Å². The van der Waals surface area contributed by atoms with Crippen LogP contribution >= 0.6 is 39.3 Å². The highest BCUT2D eigenvalue weighted by Crippen LogP contribution is 2.39. The number of imide groups is 1. The first kappa shape index (κ1) is 22.7. The molecule has 7 heteroatoms. The average Bonchev–Trinajstić information content (AvgIpc) is 3.13. The van der Waals surface area contributed by atoms with Crippen molar-refractivity contribution >= 4 is 73.0 Å². The zero-order chi connectivity index (χ0) is 23.7. The minimum absolute atomic E-state index is 0.338. The first-order valence-electron chi connectivity index (χ1n) is 10.4. The van der Waals surface area contributed by atoms with Crippen molar-refractivity contribution in [3.8, 4) is 5.75 Å². The van der Waals surface area contributed by atoms with Crippen molar-refractivity contribution in [2.45, 2.75) is 6.61 Å². The zero-order valence-electron chi connectivity index (χ0n) is 17.7. The number of hydrogen-bond acceptors (Lipinski definition) is 4. The standard InChI is InChI=1S/C27H17BrClNO3S/c28-19-8-5-17(6-9-19)16-33-24-14-7-18-3-1-2-4-22(18)23(24)15-25-26(31)30(27(32)34-25)21-12-10-20(29)11-13-21/h1-15H,16H2/b25-15+. The molecule has 0 aliphatic carbocycles. The summed E-state index contributed by atoms with van der Waals surface area (Å²) in [4.78, 5) is 27.4. The molecule has 4 nitrogen and oxygen atoms in total. The van der Waals surface area contributed by atoms with Gasteiger partial charge in [-0.25, -0.2) is 4.90 Å². The van der Waals surface area contributed by atoms with Gasteiger partial charge in [-0.05, 0) is 76.6 Å². The van der Waals surface area contributed by atoms with E-state index in [2.05, 4.69) is 15.9 Å². The molecule has 0 bridgehead atoms. The van der Waals surface area contributed by atoms with E-state index in [1.54, 1.807) is 30.3 Å². The maximum absolute atomic E-state index is 13.2. The molecule has 4 aromatic rings. The molecule has 1 saturated heterocycles. The van der Waals surface area contributed by atoms with Crippen LogP contribution in [0.3, 0.4) is 0 Å². The smallest absolute Gasteiger partial charge is 0.298 e. The first-order chi connectivity index (χ1) is 16.5. The van der Waals surface area contributed by atoms with Crippen LogP contribution < -0.4 is 9.64 Å². The van der Waals surface area contributed by atoms with Gasteiger partial charge < -0.3 is 4.74 Å². The number of rotatable bonds is 5. The Labute approximate surface area is 214 Å². The fourth-order valence-electron chi connectivity index (χ4n) is 3.70. The van der Waals surface area contributed by atoms with Crippen LogP contribution in [0.4, 0.5) is 10.5 Å². The largest absolute Gasteiger partial charge is 0.488 e. The third-order valence-corrected chi connectivity index (χ3v) is 7.04. The van der Waals surface area contributed by atoms with Gasteiger partial charge in [0.2, 0.25) is 0 Å². The molecule has 1 fully saturated rings. The molecular formula is C27H17BrClNO3S. The van der Waals surface area contributed by atoms with E-state index in [4.69, 9.17) is 16.3 Å². The fraction of sp³-hybridized carbons (Fsp3) is 0.0370. The number of nitrogens with zero attached hydrogens (tertiary/aromatic N) is 1. The van der Waals surface area contributed by atoms with Crippen molar-refractivity contribution in [3.63, 3.8) is 0 Å². The molecule has 34 heavy (non-hydrogen) atoms. The molecule has 0 aromatic heterocycles. The van der Waals surface area contributed by atoms with Gasteiger partial charge in [0.15, 0.2) is 0 Å². The Morgan fingerprint density at radius 1 is 0.912 bits per heavy atom. The summed E-state index contributed by atoms with van der Waals surface area (Å²) >= 11 is 10.3. The molecule has 168 valence electrons. The van der Waals surface area contributed by atoms with Crippen LogP contribution in [0.15, 0.2) is 94.3 Å². The summed E-state index contributed by atoms with van der Waals surface area (Å²) in [6, 6.07) is 26.3. The fourth-order valence-corrected chi connectivity index (χ4v) is 4.92. The normalized spacial score (nSPS) is 14.9. The second kappa shape index (κ2) is 9.66. The van der Waals surface area contributed by atoms with Crippen LogP contribution in [0.25, 0.3) is 16.8 Å².